The zero-order valence-corrected chi connectivity index (χ0v) is 12.4. The Morgan fingerprint density at radius 2 is 2.00 bits per heavy atom. The lowest BCUT2D eigenvalue weighted by molar-refractivity contribution is -0.129. The van der Waals surface area contributed by atoms with Crippen molar-refractivity contribution in [1.82, 2.24) is 5.32 Å². The average Bonchev–Trinajstić information content (AvgIpc) is 2.41. The molecule has 1 aromatic rings. The summed E-state index contributed by atoms with van der Waals surface area (Å²) in [5.41, 5.74) is 7.31. The second-order valence-electron chi connectivity index (χ2n) is 4.89. The van der Waals surface area contributed by atoms with Crippen LogP contribution < -0.4 is 11.1 Å². The lowest BCUT2D eigenvalue weighted by Gasteiger charge is -2.17. The SMILES string of the molecule is CCC(C)NC(=O)C(C)OC(=O)c1cccc(N)c1C. The summed E-state index contributed by atoms with van der Waals surface area (Å²) in [6.45, 7) is 7.17. The minimum atomic E-state index is -0.836. The number of carbonyl (C=O) groups excluding carboxylic acids is 2. The van der Waals surface area contributed by atoms with E-state index >= 15 is 0 Å². The molecule has 0 saturated heterocycles. The first-order valence-corrected chi connectivity index (χ1v) is 6.73. The van der Waals surface area contributed by atoms with E-state index in [0.29, 0.717) is 16.8 Å². The molecule has 110 valence electrons. The zero-order valence-electron chi connectivity index (χ0n) is 12.4. The van der Waals surface area contributed by atoms with Crippen LogP contribution in [-0.4, -0.2) is 24.0 Å². The van der Waals surface area contributed by atoms with Crippen LogP contribution in [0.3, 0.4) is 0 Å². The number of hydrogen-bond donors (Lipinski definition) is 2. The van der Waals surface area contributed by atoms with Gasteiger partial charge in [-0.05, 0) is 44.9 Å². The predicted molar refractivity (Wildman–Crippen MR) is 78.4 cm³/mol. The first-order valence-electron chi connectivity index (χ1n) is 6.73. The van der Waals surface area contributed by atoms with Crippen molar-refractivity contribution in [3.8, 4) is 0 Å². The predicted octanol–water partition coefficient (Wildman–Crippen LogP) is 2.04. The zero-order chi connectivity index (χ0) is 15.3. The maximum absolute atomic E-state index is 12.0. The fraction of sp³-hybridized carbons (Fsp3) is 0.467. The van der Waals surface area contributed by atoms with Crippen molar-refractivity contribution < 1.29 is 14.3 Å². The van der Waals surface area contributed by atoms with Gasteiger partial charge >= 0.3 is 5.97 Å². The Morgan fingerprint density at radius 1 is 1.35 bits per heavy atom. The smallest absolute Gasteiger partial charge is 0.339 e. The summed E-state index contributed by atoms with van der Waals surface area (Å²) in [7, 11) is 0. The van der Waals surface area contributed by atoms with E-state index in [0.717, 1.165) is 6.42 Å². The fourth-order valence-electron chi connectivity index (χ4n) is 1.61. The lowest BCUT2D eigenvalue weighted by Crippen LogP contribution is -2.40. The highest BCUT2D eigenvalue weighted by Gasteiger charge is 2.21. The van der Waals surface area contributed by atoms with Crippen LogP contribution in [0.2, 0.25) is 0 Å². The molecule has 2 atom stereocenters. The molecule has 0 aliphatic carbocycles. The van der Waals surface area contributed by atoms with Gasteiger partial charge in [-0.1, -0.05) is 13.0 Å². The van der Waals surface area contributed by atoms with Crippen LogP contribution in [0.4, 0.5) is 5.69 Å². The molecule has 0 fully saturated rings. The molecular formula is C15H22N2O3. The molecule has 2 unspecified atom stereocenters. The number of carbonyl (C=O) groups is 2. The van der Waals surface area contributed by atoms with E-state index in [1.807, 2.05) is 13.8 Å². The number of hydrogen-bond acceptors (Lipinski definition) is 4. The van der Waals surface area contributed by atoms with Crippen LogP contribution >= 0.6 is 0 Å². The molecule has 0 aliphatic rings. The van der Waals surface area contributed by atoms with Gasteiger partial charge in [0.15, 0.2) is 6.10 Å². The summed E-state index contributed by atoms with van der Waals surface area (Å²) < 4.78 is 5.17. The highest BCUT2D eigenvalue weighted by molar-refractivity contribution is 5.94. The second kappa shape index (κ2) is 6.93. The van der Waals surface area contributed by atoms with Crippen molar-refractivity contribution >= 4 is 17.6 Å². The van der Waals surface area contributed by atoms with E-state index in [-0.39, 0.29) is 11.9 Å². The Labute approximate surface area is 119 Å². The first kappa shape index (κ1) is 16.0. The molecule has 5 nitrogen and oxygen atoms in total. The summed E-state index contributed by atoms with van der Waals surface area (Å²) in [6.07, 6.45) is -0.0156. The van der Waals surface area contributed by atoms with Crippen molar-refractivity contribution in [2.45, 2.75) is 46.3 Å². The monoisotopic (exact) mass is 278 g/mol. The quantitative estimate of drug-likeness (QED) is 0.638. The van der Waals surface area contributed by atoms with Gasteiger partial charge in [0, 0.05) is 11.7 Å². The van der Waals surface area contributed by atoms with Crippen LogP contribution in [0.1, 0.15) is 43.1 Å². The molecule has 0 aliphatic heterocycles. The van der Waals surface area contributed by atoms with Gasteiger partial charge in [-0.3, -0.25) is 4.79 Å². The number of anilines is 1. The van der Waals surface area contributed by atoms with Gasteiger partial charge in [0.25, 0.3) is 5.91 Å². The molecule has 1 aromatic carbocycles. The van der Waals surface area contributed by atoms with Crippen LogP contribution in [-0.2, 0) is 9.53 Å². The minimum absolute atomic E-state index is 0.0535. The third-order valence-electron chi connectivity index (χ3n) is 3.25. The standard InChI is InChI=1S/C15H22N2O3/c1-5-9(2)17-14(18)11(4)20-15(19)12-7-6-8-13(16)10(12)3/h6-9,11H,5,16H2,1-4H3,(H,17,18). The molecule has 0 saturated carbocycles. The second-order valence-corrected chi connectivity index (χ2v) is 4.89. The molecule has 5 heteroatoms. The molecule has 0 spiro atoms. The minimum Gasteiger partial charge on any atom is -0.449 e. The number of nitrogen functional groups attached to an aromatic ring is 1. The number of esters is 1. The highest BCUT2D eigenvalue weighted by atomic mass is 16.5. The molecule has 1 amide bonds. The van der Waals surface area contributed by atoms with Gasteiger partial charge in [-0.2, -0.15) is 0 Å². The first-order chi connectivity index (χ1) is 9.36. The number of nitrogens with one attached hydrogen (secondary N) is 1. The van der Waals surface area contributed by atoms with E-state index in [9.17, 15) is 9.59 Å². The van der Waals surface area contributed by atoms with Crippen LogP contribution in [0.15, 0.2) is 18.2 Å². The summed E-state index contributed by atoms with van der Waals surface area (Å²) in [6, 6.07) is 5.08. The van der Waals surface area contributed by atoms with Crippen molar-refractivity contribution in [1.29, 1.82) is 0 Å². The van der Waals surface area contributed by atoms with Gasteiger partial charge in [0.1, 0.15) is 0 Å². The van der Waals surface area contributed by atoms with Crippen molar-refractivity contribution in [3.05, 3.63) is 29.3 Å². The normalized spacial score (nSPS) is 13.4. The number of nitrogens with two attached hydrogens (primary N) is 1. The van der Waals surface area contributed by atoms with Gasteiger partial charge < -0.3 is 15.8 Å². The third kappa shape index (κ3) is 3.98. The molecule has 0 radical (unpaired) electrons. The Balaban J connectivity index is 2.70. The van der Waals surface area contributed by atoms with Gasteiger partial charge in [0.2, 0.25) is 0 Å². The molecule has 0 heterocycles. The maximum atomic E-state index is 12.0. The van der Waals surface area contributed by atoms with Gasteiger partial charge in [-0.25, -0.2) is 4.79 Å². The van der Waals surface area contributed by atoms with Crippen molar-refractivity contribution in [3.63, 3.8) is 0 Å². The maximum Gasteiger partial charge on any atom is 0.339 e. The molecule has 3 N–H and O–H groups in total. The number of amides is 1. The molecule has 20 heavy (non-hydrogen) atoms. The van der Waals surface area contributed by atoms with Crippen LogP contribution in [0.5, 0.6) is 0 Å². The van der Waals surface area contributed by atoms with Crippen molar-refractivity contribution in [2.24, 2.45) is 0 Å². The van der Waals surface area contributed by atoms with Crippen molar-refractivity contribution in [2.75, 3.05) is 5.73 Å². The molecule has 1 rings (SSSR count). The molecular weight excluding hydrogens is 256 g/mol. The van der Waals surface area contributed by atoms with E-state index in [1.54, 1.807) is 32.0 Å². The largest absolute Gasteiger partial charge is 0.449 e. The Morgan fingerprint density at radius 3 is 2.60 bits per heavy atom. The number of rotatable bonds is 5. The molecule has 0 aromatic heterocycles. The lowest BCUT2D eigenvalue weighted by atomic mass is 10.1. The topological polar surface area (TPSA) is 81.4 Å². The van der Waals surface area contributed by atoms with E-state index < -0.39 is 12.1 Å². The Bertz CT molecular complexity index is 500. The van der Waals surface area contributed by atoms with Gasteiger partial charge in [0.05, 0.1) is 5.56 Å². The summed E-state index contributed by atoms with van der Waals surface area (Å²) in [4.78, 5) is 23.8. The van der Waals surface area contributed by atoms with E-state index in [2.05, 4.69) is 5.32 Å². The van der Waals surface area contributed by atoms with Gasteiger partial charge in [-0.15, -0.1) is 0 Å². The summed E-state index contributed by atoms with van der Waals surface area (Å²) in [5, 5.41) is 2.77. The molecule has 0 bridgehead atoms. The summed E-state index contributed by atoms with van der Waals surface area (Å²) >= 11 is 0. The number of ether oxygens (including phenoxy) is 1. The van der Waals surface area contributed by atoms with E-state index in [4.69, 9.17) is 10.5 Å². The third-order valence-corrected chi connectivity index (χ3v) is 3.25. The van der Waals surface area contributed by atoms with Crippen LogP contribution in [0, 0.1) is 6.92 Å². The number of benzene rings is 1. The van der Waals surface area contributed by atoms with Crippen LogP contribution in [0.25, 0.3) is 0 Å². The Kier molecular flexibility index (Phi) is 5.55. The summed E-state index contributed by atoms with van der Waals surface area (Å²) in [5.74, 6) is -0.837. The fourth-order valence-corrected chi connectivity index (χ4v) is 1.61. The Hall–Kier alpha value is -2.04. The van der Waals surface area contributed by atoms with E-state index in [1.165, 1.54) is 0 Å². The average molecular weight is 278 g/mol. The highest BCUT2D eigenvalue weighted by Crippen LogP contribution is 2.17.